The molecule has 0 saturated carbocycles. The summed E-state index contributed by atoms with van der Waals surface area (Å²) in [4.78, 5) is 12.3. The molecule has 3 N–H and O–H groups in total. The number of fused-ring (bicyclic) bond motifs is 1. The molecule has 0 aromatic heterocycles. The van der Waals surface area contributed by atoms with Crippen LogP contribution in [0.3, 0.4) is 0 Å². The Kier molecular flexibility index (Phi) is 5.24. The Morgan fingerprint density at radius 3 is 2.68 bits per heavy atom. The smallest absolute Gasteiger partial charge is 0.315 e. The molecule has 0 spiro atoms. The quantitative estimate of drug-likeness (QED) is 0.783. The number of hydrogen-bond donors (Lipinski definition) is 3. The number of aliphatic hydroxyl groups excluding tert-OH is 1. The van der Waals surface area contributed by atoms with E-state index in [0.717, 1.165) is 22.4 Å². The zero-order valence-electron chi connectivity index (χ0n) is 14.5. The monoisotopic (exact) mass is 340 g/mol. The van der Waals surface area contributed by atoms with Crippen LogP contribution in [-0.2, 0) is 6.42 Å². The Bertz CT molecular complexity index is 730. The number of nitrogens with one attached hydrogen (secondary N) is 2. The summed E-state index contributed by atoms with van der Waals surface area (Å²) >= 11 is 0. The van der Waals surface area contributed by atoms with Gasteiger partial charge in [-0.05, 0) is 42.7 Å². The van der Waals surface area contributed by atoms with Crippen LogP contribution in [0.1, 0.15) is 42.6 Å². The fourth-order valence-corrected chi connectivity index (χ4v) is 3.23. The van der Waals surface area contributed by atoms with Crippen molar-refractivity contribution in [3.8, 4) is 5.75 Å². The van der Waals surface area contributed by atoms with Crippen molar-refractivity contribution in [2.24, 2.45) is 0 Å². The first kappa shape index (κ1) is 17.3. The Morgan fingerprint density at radius 1 is 1.24 bits per heavy atom. The van der Waals surface area contributed by atoms with Gasteiger partial charge in [-0.15, -0.1) is 0 Å². The number of aliphatic hydroxyl groups is 1. The normalized spacial score (nSPS) is 19.8. The zero-order chi connectivity index (χ0) is 17.8. The van der Waals surface area contributed by atoms with Crippen molar-refractivity contribution < 1.29 is 14.6 Å². The van der Waals surface area contributed by atoms with E-state index < -0.39 is 6.10 Å². The lowest BCUT2D eigenvalue weighted by molar-refractivity contribution is 0.142. The van der Waals surface area contributed by atoms with Gasteiger partial charge in [-0.2, -0.15) is 0 Å². The van der Waals surface area contributed by atoms with Gasteiger partial charge in [-0.25, -0.2) is 4.79 Å². The van der Waals surface area contributed by atoms with Gasteiger partial charge in [0.1, 0.15) is 5.75 Å². The van der Waals surface area contributed by atoms with E-state index in [1.807, 2.05) is 62.4 Å². The molecular weight excluding hydrogens is 316 g/mol. The molecule has 0 fully saturated rings. The maximum absolute atomic E-state index is 12.3. The third-order valence-electron chi connectivity index (χ3n) is 4.53. The molecular formula is C20H24N2O3. The van der Waals surface area contributed by atoms with Gasteiger partial charge in [0.2, 0.25) is 0 Å². The van der Waals surface area contributed by atoms with Crippen molar-refractivity contribution in [2.75, 3.05) is 6.61 Å². The Morgan fingerprint density at radius 2 is 1.96 bits per heavy atom. The van der Waals surface area contributed by atoms with Crippen LogP contribution in [0.25, 0.3) is 0 Å². The molecule has 2 aromatic carbocycles. The van der Waals surface area contributed by atoms with Gasteiger partial charge in [0.05, 0.1) is 24.8 Å². The number of rotatable bonds is 5. The molecule has 3 rings (SSSR count). The Balaban J connectivity index is 1.60. The standard InChI is InChI=1S/C20H24N2O3/c1-3-25-16-10-8-14(9-11-16)13(2)21-20(24)22-19-17-7-5-4-6-15(17)12-18(19)23/h4-11,13,18-19,23H,3,12H2,1-2H3,(H2,21,22,24). The molecule has 132 valence electrons. The summed E-state index contributed by atoms with van der Waals surface area (Å²) < 4.78 is 5.43. The fourth-order valence-electron chi connectivity index (χ4n) is 3.23. The van der Waals surface area contributed by atoms with Crippen LogP contribution < -0.4 is 15.4 Å². The number of benzene rings is 2. The number of carbonyl (C=O) groups is 1. The predicted octanol–water partition coefficient (Wildman–Crippen LogP) is 3.10. The summed E-state index contributed by atoms with van der Waals surface area (Å²) in [6.07, 6.45) is -0.0285. The van der Waals surface area contributed by atoms with Crippen LogP contribution in [0.15, 0.2) is 48.5 Å². The SMILES string of the molecule is CCOc1ccc(C(C)NC(=O)NC2c3ccccc3CC2O)cc1. The van der Waals surface area contributed by atoms with Crippen molar-refractivity contribution in [1.82, 2.24) is 10.6 Å². The predicted molar refractivity (Wildman–Crippen MR) is 96.6 cm³/mol. The molecule has 2 aromatic rings. The molecule has 5 heteroatoms. The highest BCUT2D eigenvalue weighted by atomic mass is 16.5. The minimum atomic E-state index is -0.594. The summed E-state index contributed by atoms with van der Waals surface area (Å²) in [6.45, 7) is 4.49. The van der Waals surface area contributed by atoms with Gasteiger partial charge in [-0.1, -0.05) is 36.4 Å². The molecule has 0 radical (unpaired) electrons. The van der Waals surface area contributed by atoms with Crippen molar-refractivity contribution in [3.05, 3.63) is 65.2 Å². The van der Waals surface area contributed by atoms with E-state index >= 15 is 0 Å². The second-order valence-corrected chi connectivity index (χ2v) is 6.29. The molecule has 0 bridgehead atoms. The second kappa shape index (κ2) is 7.57. The summed E-state index contributed by atoms with van der Waals surface area (Å²) in [7, 11) is 0. The maximum Gasteiger partial charge on any atom is 0.315 e. The number of carbonyl (C=O) groups excluding carboxylic acids is 1. The van der Waals surface area contributed by atoms with Crippen molar-refractivity contribution in [3.63, 3.8) is 0 Å². The van der Waals surface area contributed by atoms with Crippen LogP contribution in [-0.4, -0.2) is 23.8 Å². The molecule has 25 heavy (non-hydrogen) atoms. The first-order valence-electron chi connectivity index (χ1n) is 8.64. The lowest BCUT2D eigenvalue weighted by Gasteiger charge is -2.21. The molecule has 2 amide bonds. The fraction of sp³-hybridized carbons (Fsp3) is 0.350. The third kappa shape index (κ3) is 3.94. The van der Waals surface area contributed by atoms with Crippen LogP contribution in [0.4, 0.5) is 4.79 Å². The van der Waals surface area contributed by atoms with Gasteiger partial charge in [0, 0.05) is 6.42 Å². The van der Waals surface area contributed by atoms with Gasteiger partial charge >= 0.3 is 6.03 Å². The zero-order valence-corrected chi connectivity index (χ0v) is 14.5. The highest BCUT2D eigenvalue weighted by molar-refractivity contribution is 5.75. The number of amides is 2. The van der Waals surface area contributed by atoms with Crippen LogP contribution in [0.5, 0.6) is 5.75 Å². The summed E-state index contributed by atoms with van der Waals surface area (Å²) in [5, 5.41) is 16.1. The third-order valence-corrected chi connectivity index (χ3v) is 4.53. The van der Waals surface area contributed by atoms with Crippen molar-refractivity contribution >= 4 is 6.03 Å². The second-order valence-electron chi connectivity index (χ2n) is 6.29. The van der Waals surface area contributed by atoms with Gasteiger partial charge in [-0.3, -0.25) is 0 Å². The van der Waals surface area contributed by atoms with Crippen molar-refractivity contribution in [1.29, 1.82) is 0 Å². The number of urea groups is 1. The lowest BCUT2D eigenvalue weighted by Crippen LogP contribution is -2.41. The highest BCUT2D eigenvalue weighted by Gasteiger charge is 2.32. The number of ether oxygens (including phenoxy) is 1. The van der Waals surface area contributed by atoms with Gasteiger partial charge in [0.25, 0.3) is 0 Å². The molecule has 0 saturated heterocycles. The number of hydrogen-bond acceptors (Lipinski definition) is 3. The van der Waals surface area contributed by atoms with E-state index in [1.54, 1.807) is 0 Å². The van der Waals surface area contributed by atoms with Gasteiger partial charge < -0.3 is 20.5 Å². The first-order chi connectivity index (χ1) is 12.1. The van der Waals surface area contributed by atoms with E-state index in [-0.39, 0.29) is 18.1 Å². The van der Waals surface area contributed by atoms with E-state index in [2.05, 4.69) is 10.6 Å². The van der Waals surface area contributed by atoms with Crippen LogP contribution >= 0.6 is 0 Å². The van der Waals surface area contributed by atoms with E-state index in [0.29, 0.717) is 13.0 Å². The van der Waals surface area contributed by atoms with Gasteiger partial charge in [0.15, 0.2) is 0 Å². The molecule has 0 heterocycles. The highest BCUT2D eigenvalue weighted by Crippen LogP contribution is 2.31. The van der Waals surface area contributed by atoms with E-state index in [1.165, 1.54) is 0 Å². The van der Waals surface area contributed by atoms with E-state index in [4.69, 9.17) is 4.74 Å². The first-order valence-corrected chi connectivity index (χ1v) is 8.64. The van der Waals surface area contributed by atoms with Crippen molar-refractivity contribution in [2.45, 2.75) is 38.5 Å². The molecule has 1 aliphatic carbocycles. The summed E-state index contributed by atoms with van der Waals surface area (Å²) in [5.41, 5.74) is 3.06. The van der Waals surface area contributed by atoms with Crippen LogP contribution in [0, 0.1) is 0 Å². The largest absolute Gasteiger partial charge is 0.494 e. The summed E-state index contributed by atoms with van der Waals surface area (Å²) in [5.74, 6) is 0.814. The molecule has 0 aliphatic heterocycles. The topological polar surface area (TPSA) is 70.6 Å². The lowest BCUT2D eigenvalue weighted by atomic mass is 10.1. The minimum absolute atomic E-state index is 0.149. The average molecular weight is 340 g/mol. The molecule has 3 atom stereocenters. The average Bonchev–Trinajstić information content (AvgIpc) is 2.91. The Labute approximate surface area is 148 Å². The summed E-state index contributed by atoms with van der Waals surface area (Å²) in [6, 6.07) is 14.7. The van der Waals surface area contributed by atoms with E-state index in [9.17, 15) is 9.90 Å². The molecule has 5 nitrogen and oxygen atoms in total. The molecule has 3 unspecified atom stereocenters. The maximum atomic E-state index is 12.3. The molecule has 1 aliphatic rings. The minimum Gasteiger partial charge on any atom is -0.494 e. The van der Waals surface area contributed by atoms with Crippen LogP contribution in [0.2, 0.25) is 0 Å². The Hall–Kier alpha value is -2.53.